The molecule has 0 atom stereocenters. The summed E-state index contributed by atoms with van der Waals surface area (Å²) in [7, 11) is 2.01. The second-order valence-electron chi connectivity index (χ2n) is 4.02. The molecular formula is C11H20BrN3. The lowest BCUT2D eigenvalue weighted by Gasteiger charge is -2.28. The molecular weight excluding hydrogens is 254 g/mol. The summed E-state index contributed by atoms with van der Waals surface area (Å²) in [6, 6.07) is 0.502. The van der Waals surface area contributed by atoms with Crippen LogP contribution in [0.5, 0.6) is 0 Å². The summed E-state index contributed by atoms with van der Waals surface area (Å²) in [5.74, 6) is 1.24. The fraction of sp³-hybridized carbons (Fsp3) is 0.727. The first kappa shape index (κ1) is 12.6. The van der Waals surface area contributed by atoms with E-state index in [1.54, 1.807) is 0 Å². The van der Waals surface area contributed by atoms with Crippen molar-refractivity contribution >= 4 is 21.7 Å². The summed E-state index contributed by atoms with van der Waals surface area (Å²) in [4.78, 5) is 2.37. The Hall–Kier alpha value is -0.510. The Kier molecular flexibility index (Phi) is 4.20. The Morgan fingerprint density at radius 3 is 2.47 bits per heavy atom. The number of hydrogen-bond donors (Lipinski definition) is 0. The van der Waals surface area contributed by atoms with Gasteiger partial charge in [0.1, 0.15) is 5.82 Å². The van der Waals surface area contributed by atoms with Gasteiger partial charge in [-0.25, -0.2) is 0 Å². The lowest BCUT2D eigenvalue weighted by atomic mass is 10.2. The Morgan fingerprint density at radius 1 is 1.47 bits per heavy atom. The van der Waals surface area contributed by atoms with Crippen LogP contribution in [0.2, 0.25) is 0 Å². The normalized spacial score (nSPS) is 11.1. The molecule has 0 bridgehead atoms. The van der Waals surface area contributed by atoms with Gasteiger partial charge in [-0.15, -0.1) is 0 Å². The number of alkyl halides is 1. The summed E-state index contributed by atoms with van der Waals surface area (Å²) >= 11 is 3.54. The van der Waals surface area contributed by atoms with Crippen LogP contribution in [0.3, 0.4) is 0 Å². The maximum atomic E-state index is 4.48. The first-order valence-electron chi connectivity index (χ1n) is 5.38. The van der Waals surface area contributed by atoms with Crippen molar-refractivity contribution in [3.05, 3.63) is 11.3 Å². The van der Waals surface area contributed by atoms with Crippen molar-refractivity contribution in [3.63, 3.8) is 0 Å². The second kappa shape index (κ2) is 5.01. The minimum Gasteiger partial charge on any atom is -0.354 e. The largest absolute Gasteiger partial charge is 0.354 e. The standard InChI is InChI=1S/C11H20BrN3/c1-6-15(8(2)3)11-10(7-12)9(4)13-14(11)5/h8H,6-7H2,1-5H3. The van der Waals surface area contributed by atoms with Gasteiger partial charge in [-0.2, -0.15) is 5.10 Å². The Morgan fingerprint density at radius 2 is 2.07 bits per heavy atom. The topological polar surface area (TPSA) is 21.1 Å². The number of aromatic nitrogens is 2. The molecule has 0 aliphatic rings. The maximum absolute atomic E-state index is 4.48. The zero-order valence-corrected chi connectivity index (χ0v) is 11.8. The molecule has 0 aromatic carbocycles. The first-order chi connectivity index (χ1) is 7.02. The number of hydrogen-bond acceptors (Lipinski definition) is 2. The first-order valence-corrected chi connectivity index (χ1v) is 6.50. The Labute approximate surface area is 101 Å². The second-order valence-corrected chi connectivity index (χ2v) is 4.59. The number of rotatable bonds is 4. The monoisotopic (exact) mass is 273 g/mol. The lowest BCUT2D eigenvalue weighted by Crippen LogP contribution is -2.32. The van der Waals surface area contributed by atoms with Crippen molar-refractivity contribution < 1.29 is 0 Å². The molecule has 15 heavy (non-hydrogen) atoms. The number of aryl methyl sites for hydroxylation is 2. The molecule has 3 nitrogen and oxygen atoms in total. The molecule has 0 amide bonds. The highest BCUT2D eigenvalue weighted by Gasteiger charge is 2.19. The number of anilines is 1. The van der Waals surface area contributed by atoms with Crippen LogP contribution in [0.1, 0.15) is 32.0 Å². The molecule has 86 valence electrons. The van der Waals surface area contributed by atoms with Gasteiger partial charge in [0.05, 0.1) is 5.69 Å². The van der Waals surface area contributed by atoms with Gasteiger partial charge in [0.15, 0.2) is 0 Å². The van der Waals surface area contributed by atoms with Crippen molar-refractivity contribution in [1.82, 2.24) is 9.78 Å². The van der Waals surface area contributed by atoms with E-state index in [0.29, 0.717) is 6.04 Å². The third-order valence-corrected chi connectivity index (χ3v) is 3.24. The highest BCUT2D eigenvalue weighted by atomic mass is 79.9. The molecule has 1 aromatic rings. The zero-order valence-electron chi connectivity index (χ0n) is 10.2. The van der Waals surface area contributed by atoms with Crippen LogP contribution < -0.4 is 4.90 Å². The van der Waals surface area contributed by atoms with E-state index >= 15 is 0 Å². The Bertz CT molecular complexity index is 331. The van der Waals surface area contributed by atoms with Crippen LogP contribution in [0.15, 0.2) is 0 Å². The molecule has 0 fully saturated rings. The fourth-order valence-electron chi connectivity index (χ4n) is 1.97. The van der Waals surface area contributed by atoms with Crippen LogP contribution in [0, 0.1) is 6.92 Å². The molecule has 1 heterocycles. The van der Waals surface area contributed by atoms with E-state index in [2.05, 4.69) is 53.6 Å². The zero-order chi connectivity index (χ0) is 11.6. The van der Waals surface area contributed by atoms with Gasteiger partial charge in [0, 0.05) is 30.5 Å². The van der Waals surface area contributed by atoms with Crippen LogP contribution in [-0.2, 0) is 12.4 Å². The molecule has 0 aliphatic carbocycles. The maximum Gasteiger partial charge on any atom is 0.131 e. The number of nitrogens with zero attached hydrogens (tertiary/aromatic N) is 3. The molecule has 0 radical (unpaired) electrons. The average molecular weight is 274 g/mol. The van der Waals surface area contributed by atoms with E-state index in [1.807, 2.05) is 11.7 Å². The molecule has 0 unspecified atom stereocenters. The van der Waals surface area contributed by atoms with Crippen LogP contribution in [-0.4, -0.2) is 22.4 Å². The van der Waals surface area contributed by atoms with Gasteiger partial charge in [-0.05, 0) is 27.7 Å². The molecule has 1 aromatic heterocycles. The molecule has 0 saturated carbocycles. The molecule has 4 heteroatoms. The fourth-order valence-corrected chi connectivity index (χ4v) is 2.62. The predicted octanol–water partition coefficient (Wildman–Crippen LogP) is 2.86. The quantitative estimate of drug-likeness (QED) is 0.787. The van der Waals surface area contributed by atoms with E-state index in [-0.39, 0.29) is 0 Å². The van der Waals surface area contributed by atoms with Crippen LogP contribution in [0.25, 0.3) is 0 Å². The van der Waals surface area contributed by atoms with Crippen molar-refractivity contribution in [3.8, 4) is 0 Å². The lowest BCUT2D eigenvalue weighted by molar-refractivity contribution is 0.648. The molecule has 0 saturated heterocycles. The highest BCUT2D eigenvalue weighted by molar-refractivity contribution is 9.08. The minimum absolute atomic E-state index is 0.502. The predicted molar refractivity (Wildman–Crippen MR) is 68.7 cm³/mol. The summed E-state index contributed by atoms with van der Waals surface area (Å²) < 4.78 is 1.98. The van der Waals surface area contributed by atoms with Gasteiger partial charge >= 0.3 is 0 Å². The van der Waals surface area contributed by atoms with Gasteiger partial charge in [0.25, 0.3) is 0 Å². The highest BCUT2D eigenvalue weighted by Crippen LogP contribution is 2.26. The van der Waals surface area contributed by atoms with E-state index in [4.69, 9.17) is 0 Å². The summed E-state index contributed by atoms with van der Waals surface area (Å²) in [5.41, 5.74) is 2.41. The molecule has 1 rings (SSSR count). The van der Waals surface area contributed by atoms with Gasteiger partial charge in [0.2, 0.25) is 0 Å². The third-order valence-electron chi connectivity index (χ3n) is 2.68. The van der Waals surface area contributed by atoms with Crippen molar-refractivity contribution in [1.29, 1.82) is 0 Å². The van der Waals surface area contributed by atoms with Crippen LogP contribution in [0.4, 0.5) is 5.82 Å². The Balaban J connectivity index is 3.21. The third kappa shape index (κ3) is 2.36. The molecule has 0 spiro atoms. The van der Waals surface area contributed by atoms with E-state index < -0.39 is 0 Å². The van der Waals surface area contributed by atoms with Crippen molar-refractivity contribution in [2.24, 2.45) is 7.05 Å². The average Bonchev–Trinajstić information content (AvgIpc) is 2.42. The van der Waals surface area contributed by atoms with E-state index in [1.165, 1.54) is 11.4 Å². The van der Waals surface area contributed by atoms with Gasteiger partial charge in [-0.1, -0.05) is 15.9 Å². The van der Waals surface area contributed by atoms with Crippen molar-refractivity contribution in [2.45, 2.75) is 39.1 Å². The minimum atomic E-state index is 0.502. The SMILES string of the molecule is CCN(c1c(CBr)c(C)nn1C)C(C)C. The summed E-state index contributed by atoms with van der Waals surface area (Å²) in [6.07, 6.45) is 0. The van der Waals surface area contributed by atoms with E-state index in [9.17, 15) is 0 Å². The van der Waals surface area contributed by atoms with Gasteiger partial charge < -0.3 is 4.90 Å². The summed E-state index contributed by atoms with van der Waals surface area (Å²) in [6.45, 7) is 9.68. The molecule has 0 aliphatic heterocycles. The van der Waals surface area contributed by atoms with Crippen LogP contribution >= 0.6 is 15.9 Å². The molecule has 0 N–H and O–H groups in total. The summed E-state index contributed by atoms with van der Waals surface area (Å²) in [5, 5.41) is 5.34. The number of halogens is 1. The van der Waals surface area contributed by atoms with Crippen molar-refractivity contribution in [2.75, 3.05) is 11.4 Å². The smallest absolute Gasteiger partial charge is 0.131 e. The van der Waals surface area contributed by atoms with E-state index in [0.717, 1.165) is 17.6 Å². The van der Waals surface area contributed by atoms with Gasteiger partial charge in [-0.3, -0.25) is 4.68 Å².